The van der Waals surface area contributed by atoms with Crippen molar-refractivity contribution in [3.8, 4) is 79.7 Å². The van der Waals surface area contributed by atoms with Gasteiger partial charge in [-0.05, 0) is 59.7 Å². The summed E-state index contributed by atoms with van der Waals surface area (Å²) in [4.78, 5) is 30.5. The monoisotopic (exact) mass is 870 g/mol. The Bertz CT molecular complexity index is 3920. The quantitative estimate of drug-likeness (QED) is 0.151. The summed E-state index contributed by atoms with van der Waals surface area (Å²) >= 11 is 0. The van der Waals surface area contributed by atoms with Gasteiger partial charge in [0.2, 0.25) is 5.95 Å². The molecule has 8 heteroatoms. The highest BCUT2D eigenvalue weighted by Gasteiger charge is 2.22. The maximum atomic E-state index is 5.27. The summed E-state index contributed by atoms with van der Waals surface area (Å²) in [6.45, 7) is 0. The van der Waals surface area contributed by atoms with Crippen molar-refractivity contribution in [1.29, 1.82) is 0 Å². The summed E-state index contributed by atoms with van der Waals surface area (Å²) in [7, 11) is 0. The Hall–Kier alpha value is -9.40. The van der Waals surface area contributed by atoms with Crippen LogP contribution in [0.25, 0.3) is 123 Å². The standard InChI is InChI=1S/C60H38N8/c1-5-17-39(18-6-1)40-29-31-44(32-30-40)59-64-58(43-23-11-4-12-24-43)65-60(66-59)68-52-28-16-14-26-48(52)50-37-53-49(38-54(50)68)47-25-13-15-27-51(47)67(53)46-35-33-45(34-36-46)57-62-55(41-19-7-2-8-20-41)61-56(63-57)42-21-9-3-10-22-42/h1-38H. The molecule has 0 spiro atoms. The first-order chi connectivity index (χ1) is 33.7. The second-order valence-electron chi connectivity index (χ2n) is 16.8. The summed E-state index contributed by atoms with van der Waals surface area (Å²) in [5.74, 6) is 3.63. The van der Waals surface area contributed by atoms with Gasteiger partial charge in [0.15, 0.2) is 29.1 Å². The fraction of sp³-hybridized carbons (Fsp3) is 0. The fourth-order valence-corrected chi connectivity index (χ4v) is 9.37. The molecule has 68 heavy (non-hydrogen) atoms. The zero-order valence-corrected chi connectivity index (χ0v) is 36.5. The van der Waals surface area contributed by atoms with Gasteiger partial charge in [-0.15, -0.1) is 0 Å². The fourth-order valence-electron chi connectivity index (χ4n) is 9.37. The molecule has 13 rings (SSSR count). The van der Waals surface area contributed by atoms with Gasteiger partial charge in [-0.25, -0.2) is 19.9 Å². The molecular weight excluding hydrogens is 833 g/mol. The maximum absolute atomic E-state index is 5.27. The van der Waals surface area contributed by atoms with Crippen molar-refractivity contribution in [3.05, 3.63) is 231 Å². The molecule has 13 aromatic rings. The van der Waals surface area contributed by atoms with Crippen LogP contribution in [0, 0.1) is 0 Å². The zero-order valence-electron chi connectivity index (χ0n) is 36.5. The molecule has 318 valence electrons. The first-order valence-corrected chi connectivity index (χ1v) is 22.6. The highest BCUT2D eigenvalue weighted by atomic mass is 15.2. The molecule has 9 aromatic carbocycles. The molecule has 4 heterocycles. The number of nitrogens with zero attached hydrogens (tertiary/aromatic N) is 8. The minimum Gasteiger partial charge on any atom is -0.309 e. The SMILES string of the molecule is c1ccc(-c2ccc(-c3nc(-c4ccccc4)nc(-n4c5ccccc5c5cc6c(cc54)c4ccccc4n6-c4ccc(-c5nc(-c6ccccc6)nc(-c6ccccc6)n5)cc4)n3)cc2)cc1. The number of rotatable bonds is 8. The van der Waals surface area contributed by atoms with Gasteiger partial charge in [0.1, 0.15) is 0 Å². The molecule has 0 atom stereocenters. The van der Waals surface area contributed by atoms with Crippen LogP contribution in [-0.4, -0.2) is 39.0 Å². The van der Waals surface area contributed by atoms with Crippen LogP contribution in [0.15, 0.2) is 231 Å². The first-order valence-electron chi connectivity index (χ1n) is 22.6. The van der Waals surface area contributed by atoms with Crippen molar-refractivity contribution in [2.75, 3.05) is 0 Å². The highest BCUT2D eigenvalue weighted by molar-refractivity contribution is 6.19. The first kappa shape index (κ1) is 39.0. The number of hydrogen-bond donors (Lipinski definition) is 0. The molecule has 0 aliphatic heterocycles. The van der Waals surface area contributed by atoms with E-state index in [9.17, 15) is 0 Å². The van der Waals surface area contributed by atoms with E-state index >= 15 is 0 Å². The molecule has 8 nitrogen and oxygen atoms in total. The summed E-state index contributed by atoms with van der Waals surface area (Å²) in [5, 5.41) is 4.46. The highest BCUT2D eigenvalue weighted by Crippen LogP contribution is 2.40. The van der Waals surface area contributed by atoms with Crippen LogP contribution in [0.4, 0.5) is 0 Å². The second kappa shape index (κ2) is 16.2. The Balaban J connectivity index is 0.970. The van der Waals surface area contributed by atoms with Crippen molar-refractivity contribution < 1.29 is 0 Å². The molecule has 0 amide bonds. The third-order valence-corrected chi connectivity index (χ3v) is 12.7. The predicted molar refractivity (Wildman–Crippen MR) is 275 cm³/mol. The van der Waals surface area contributed by atoms with Gasteiger partial charge >= 0.3 is 0 Å². The molecule has 4 aromatic heterocycles. The molecule has 0 fully saturated rings. The Morgan fingerprint density at radius 1 is 0.221 bits per heavy atom. The summed E-state index contributed by atoms with van der Waals surface area (Å²) in [5.41, 5.74) is 12.1. The van der Waals surface area contributed by atoms with E-state index in [2.05, 4.69) is 143 Å². The maximum Gasteiger partial charge on any atom is 0.238 e. The largest absolute Gasteiger partial charge is 0.309 e. The van der Waals surface area contributed by atoms with Crippen LogP contribution >= 0.6 is 0 Å². The number of hydrogen-bond acceptors (Lipinski definition) is 6. The molecule has 0 aliphatic carbocycles. The van der Waals surface area contributed by atoms with E-state index < -0.39 is 0 Å². The van der Waals surface area contributed by atoms with Gasteiger partial charge in [-0.1, -0.05) is 182 Å². The lowest BCUT2D eigenvalue weighted by molar-refractivity contribution is 0.954. The van der Waals surface area contributed by atoms with E-state index in [1.54, 1.807) is 0 Å². The molecule has 0 saturated heterocycles. The van der Waals surface area contributed by atoms with Crippen LogP contribution in [-0.2, 0) is 0 Å². The predicted octanol–water partition coefficient (Wildman–Crippen LogP) is 14.3. The second-order valence-corrected chi connectivity index (χ2v) is 16.8. The van der Waals surface area contributed by atoms with E-state index in [0.29, 0.717) is 35.1 Å². The zero-order chi connectivity index (χ0) is 45.0. The van der Waals surface area contributed by atoms with Crippen LogP contribution in [0.3, 0.4) is 0 Å². The number of benzene rings is 9. The average Bonchev–Trinajstić information content (AvgIpc) is 3.93. The van der Waals surface area contributed by atoms with Crippen molar-refractivity contribution in [2.24, 2.45) is 0 Å². The topological polar surface area (TPSA) is 87.2 Å². The molecular formula is C60H38N8. The van der Waals surface area contributed by atoms with Crippen molar-refractivity contribution >= 4 is 43.6 Å². The Kier molecular flexibility index (Phi) is 9.31. The van der Waals surface area contributed by atoms with Crippen molar-refractivity contribution in [1.82, 2.24) is 39.0 Å². The lowest BCUT2D eigenvalue weighted by Crippen LogP contribution is -2.06. The number of para-hydroxylation sites is 2. The Morgan fingerprint density at radius 3 is 0.985 bits per heavy atom. The molecule has 0 unspecified atom stereocenters. The molecule has 0 aliphatic rings. The van der Waals surface area contributed by atoms with E-state index in [-0.39, 0.29) is 0 Å². The van der Waals surface area contributed by atoms with Gasteiger partial charge in [-0.3, -0.25) is 4.57 Å². The summed E-state index contributed by atoms with van der Waals surface area (Å²) in [6, 6.07) is 79.4. The third-order valence-electron chi connectivity index (χ3n) is 12.7. The normalized spacial score (nSPS) is 11.5. The average molecular weight is 871 g/mol. The van der Waals surface area contributed by atoms with E-state index in [1.807, 2.05) is 97.1 Å². The number of fused-ring (bicyclic) bond motifs is 6. The molecule has 0 saturated carbocycles. The van der Waals surface area contributed by atoms with Gasteiger partial charge < -0.3 is 4.57 Å². The van der Waals surface area contributed by atoms with Crippen LogP contribution in [0.2, 0.25) is 0 Å². The minimum atomic E-state index is 0.551. The minimum absolute atomic E-state index is 0.551. The lowest BCUT2D eigenvalue weighted by atomic mass is 10.0. The Labute approximate surface area is 391 Å². The Morgan fingerprint density at radius 2 is 0.529 bits per heavy atom. The molecule has 0 N–H and O–H groups in total. The van der Waals surface area contributed by atoms with Gasteiger partial charge in [0, 0.05) is 55.0 Å². The van der Waals surface area contributed by atoms with E-state index in [0.717, 1.165) is 88.2 Å². The number of aromatic nitrogens is 8. The van der Waals surface area contributed by atoms with Gasteiger partial charge in [0.05, 0.1) is 22.1 Å². The van der Waals surface area contributed by atoms with E-state index in [1.165, 1.54) is 0 Å². The molecule has 0 radical (unpaired) electrons. The van der Waals surface area contributed by atoms with Crippen LogP contribution < -0.4 is 0 Å². The van der Waals surface area contributed by atoms with Crippen molar-refractivity contribution in [2.45, 2.75) is 0 Å². The third kappa shape index (κ3) is 6.78. The van der Waals surface area contributed by atoms with E-state index in [4.69, 9.17) is 29.9 Å². The van der Waals surface area contributed by atoms with Crippen LogP contribution in [0.1, 0.15) is 0 Å². The van der Waals surface area contributed by atoms with Gasteiger partial charge in [-0.2, -0.15) is 9.97 Å². The lowest BCUT2D eigenvalue weighted by Gasteiger charge is -2.12. The van der Waals surface area contributed by atoms with Gasteiger partial charge in [0.25, 0.3) is 0 Å². The van der Waals surface area contributed by atoms with Crippen LogP contribution in [0.5, 0.6) is 0 Å². The molecule has 0 bridgehead atoms. The smallest absolute Gasteiger partial charge is 0.238 e. The summed E-state index contributed by atoms with van der Waals surface area (Å²) < 4.78 is 4.55. The summed E-state index contributed by atoms with van der Waals surface area (Å²) in [6.07, 6.45) is 0. The van der Waals surface area contributed by atoms with Crippen molar-refractivity contribution in [3.63, 3.8) is 0 Å².